The molecule has 23 heavy (non-hydrogen) atoms. The predicted octanol–water partition coefficient (Wildman–Crippen LogP) is 1.35. The smallest absolute Gasteiger partial charge is 0.273 e. The minimum Gasteiger partial charge on any atom is -0.443 e. The van der Waals surface area contributed by atoms with Gasteiger partial charge in [-0.3, -0.25) is 9.78 Å². The first-order valence-corrected chi connectivity index (χ1v) is 6.86. The monoisotopic (exact) mass is 310 g/mol. The molecule has 0 aromatic carbocycles. The third-order valence-corrected chi connectivity index (χ3v) is 3.15. The maximum atomic E-state index is 12.2. The van der Waals surface area contributed by atoms with Gasteiger partial charge in [-0.15, -0.1) is 0 Å². The molecule has 3 rings (SSSR count). The summed E-state index contributed by atoms with van der Waals surface area (Å²) < 4.78 is 5.19. The van der Waals surface area contributed by atoms with Crippen molar-refractivity contribution in [2.75, 3.05) is 5.73 Å². The van der Waals surface area contributed by atoms with E-state index >= 15 is 0 Å². The van der Waals surface area contributed by atoms with Crippen LogP contribution < -0.4 is 11.1 Å². The van der Waals surface area contributed by atoms with Gasteiger partial charge in [-0.25, -0.2) is 15.0 Å². The molecule has 0 radical (unpaired) electrons. The predicted molar refractivity (Wildman–Crippen MR) is 82.1 cm³/mol. The van der Waals surface area contributed by atoms with Crippen LogP contribution in [0.1, 0.15) is 21.7 Å². The molecule has 0 saturated heterocycles. The molecule has 0 bridgehead atoms. The van der Waals surface area contributed by atoms with Crippen LogP contribution in [0.15, 0.2) is 41.4 Å². The summed E-state index contributed by atoms with van der Waals surface area (Å²) in [6, 6.07) is 3.62. The van der Waals surface area contributed by atoms with Crippen LogP contribution in [-0.4, -0.2) is 25.8 Å². The first-order valence-electron chi connectivity index (χ1n) is 6.86. The molecule has 0 unspecified atom stereocenters. The Hall–Kier alpha value is -3.29. The maximum Gasteiger partial charge on any atom is 0.273 e. The van der Waals surface area contributed by atoms with Crippen molar-refractivity contribution >= 4 is 11.7 Å². The average Bonchev–Trinajstić information content (AvgIpc) is 3.09. The Morgan fingerprint density at radius 1 is 1.26 bits per heavy atom. The van der Waals surface area contributed by atoms with Crippen molar-refractivity contribution in [3.8, 4) is 11.6 Å². The van der Waals surface area contributed by atoms with E-state index in [1.54, 1.807) is 19.3 Å². The van der Waals surface area contributed by atoms with E-state index in [0.717, 1.165) is 5.56 Å². The molecule has 3 heterocycles. The molecule has 8 nitrogen and oxygen atoms in total. The van der Waals surface area contributed by atoms with Crippen LogP contribution in [0.5, 0.6) is 0 Å². The quantitative estimate of drug-likeness (QED) is 0.746. The van der Waals surface area contributed by atoms with Gasteiger partial charge in [0.2, 0.25) is 5.89 Å². The van der Waals surface area contributed by atoms with E-state index in [1.807, 2.05) is 12.1 Å². The fourth-order valence-electron chi connectivity index (χ4n) is 2.01. The van der Waals surface area contributed by atoms with E-state index in [0.29, 0.717) is 23.8 Å². The van der Waals surface area contributed by atoms with Gasteiger partial charge in [0.1, 0.15) is 12.0 Å². The lowest BCUT2D eigenvalue weighted by Crippen LogP contribution is -2.26. The molecule has 8 heteroatoms. The topological polar surface area (TPSA) is 120 Å². The fraction of sp³-hybridized carbons (Fsp3) is 0.133. The Kier molecular flexibility index (Phi) is 3.96. The number of carbonyl (C=O) groups excluding carboxylic acids is 1. The molecule has 3 aromatic rings. The number of amides is 1. The molecule has 0 aliphatic rings. The summed E-state index contributed by atoms with van der Waals surface area (Å²) in [7, 11) is 0. The number of hydrogen-bond acceptors (Lipinski definition) is 7. The van der Waals surface area contributed by atoms with E-state index in [1.165, 1.54) is 12.5 Å². The summed E-state index contributed by atoms with van der Waals surface area (Å²) in [4.78, 5) is 28.6. The van der Waals surface area contributed by atoms with Gasteiger partial charge in [0, 0.05) is 18.9 Å². The number of aromatic nitrogens is 4. The molecule has 0 spiro atoms. The molecular weight excluding hydrogens is 296 g/mol. The molecule has 116 valence electrons. The second-order valence-electron chi connectivity index (χ2n) is 4.77. The van der Waals surface area contributed by atoms with Gasteiger partial charge in [0.25, 0.3) is 5.91 Å². The first-order chi connectivity index (χ1) is 11.1. The number of nitrogens with two attached hydrogens (primary N) is 1. The lowest BCUT2D eigenvalue weighted by molar-refractivity contribution is 0.0946. The number of nitrogens with zero attached hydrogens (tertiary/aromatic N) is 4. The highest BCUT2D eigenvalue weighted by molar-refractivity contribution is 5.96. The largest absolute Gasteiger partial charge is 0.443 e. The zero-order valence-corrected chi connectivity index (χ0v) is 12.4. The van der Waals surface area contributed by atoms with E-state index in [2.05, 4.69) is 25.3 Å². The number of carbonyl (C=O) groups is 1. The van der Waals surface area contributed by atoms with Gasteiger partial charge in [0.05, 0.1) is 11.9 Å². The zero-order valence-electron chi connectivity index (χ0n) is 12.4. The number of nitrogen functional groups attached to an aromatic ring is 1. The number of pyridine rings is 1. The van der Waals surface area contributed by atoms with Gasteiger partial charge in [-0.2, -0.15) is 0 Å². The minimum atomic E-state index is -0.395. The summed E-state index contributed by atoms with van der Waals surface area (Å²) in [5.74, 6) is -0.0599. The van der Waals surface area contributed by atoms with Gasteiger partial charge in [-0.1, -0.05) is 0 Å². The summed E-state index contributed by atoms with van der Waals surface area (Å²) in [6.07, 6.45) is 6.25. The molecule has 0 fully saturated rings. The van der Waals surface area contributed by atoms with E-state index in [-0.39, 0.29) is 11.5 Å². The minimum absolute atomic E-state index is 0.0241. The van der Waals surface area contributed by atoms with Crippen molar-refractivity contribution in [1.29, 1.82) is 0 Å². The molecule has 3 aromatic heterocycles. The Balaban J connectivity index is 1.80. The molecular formula is C15H14N6O2. The van der Waals surface area contributed by atoms with E-state index in [9.17, 15) is 4.79 Å². The Labute approximate surface area is 131 Å². The Bertz CT molecular complexity index is 817. The van der Waals surface area contributed by atoms with E-state index in [4.69, 9.17) is 10.2 Å². The molecule has 0 saturated carbocycles. The number of aryl methyl sites for hydroxylation is 1. The Morgan fingerprint density at radius 2 is 2.04 bits per heavy atom. The van der Waals surface area contributed by atoms with Crippen molar-refractivity contribution < 1.29 is 9.21 Å². The SMILES string of the molecule is Cc1nc(C(=O)NCc2ccncc2)c(N)nc1-c1ncco1. The fourth-order valence-corrected chi connectivity index (χ4v) is 2.01. The molecule has 0 aliphatic heterocycles. The molecule has 1 amide bonds. The summed E-state index contributed by atoms with van der Waals surface area (Å²) in [6.45, 7) is 2.06. The van der Waals surface area contributed by atoms with Crippen molar-refractivity contribution in [3.63, 3.8) is 0 Å². The summed E-state index contributed by atoms with van der Waals surface area (Å²) in [5.41, 5.74) is 7.78. The van der Waals surface area contributed by atoms with E-state index < -0.39 is 5.91 Å². The summed E-state index contributed by atoms with van der Waals surface area (Å²) >= 11 is 0. The van der Waals surface area contributed by atoms with Gasteiger partial charge < -0.3 is 15.5 Å². The first kappa shape index (κ1) is 14.6. The van der Waals surface area contributed by atoms with Crippen LogP contribution >= 0.6 is 0 Å². The molecule has 3 N–H and O–H groups in total. The van der Waals surface area contributed by atoms with Crippen molar-refractivity contribution in [2.24, 2.45) is 0 Å². The maximum absolute atomic E-state index is 12.2. The third-order valence-electron chi connectivity index (χ3n) is 3.15. The van der Waals surface area contributed by atoms with Crippen LogP contribution in [0.3, 0.4) is 0 Å². The second-order valence-corrected chi connectivity index (χ2v) is 4.77. The highest BCUT2D eigenvalue weighted by Gasteiger charge is 2.18. The average molecular weight is 310 g/mol. The van der Waals surface area contributed by atoms with Gasteiger partial charge >= 0.3 is 0 Å². The van der Waals surface area contributed by atoms with Crippen LogP contribution in [0.2, 0.25) is 0 Å². The normalized spacial score (nSPS) is 10.5. The standard InChI is InChI=1S/C15H14N6O2/c1-9-11(15-18-6-7-23-15)21-13(16)12(20-9)14(22)19-8-10-2-4-17-5-3-10/h2-7H,8H2,1H3,(H2,16,21)(H,19,22). The number of anilines is 1. The van der Waals surface area contributed by atoms with Crippen LogP contribution in [0, 0.1) is 6.92 Å². The molecule has 0 atom stereocenters. The number of nitrogens with one attached hydrogen (secondary N) is 1. The van der Waals surface area contributed by atoms with Crippen LogP contribution in [0.25, 0.3) is 11.6 Å². The number of oxazole rings is 1. The lowest BCUT2D eigenvalue weighted by Gasteiger charge is -2.09. The van der Waals surface area contributed by atoms with Crippen molar-refractivity contribution in [2.45, 2.75) is 13.5 Å². The number of rotatable bonds is 4. The van der Waals surface area contributed by atoms with Gasteiger partial charge in [0.15, 0.2) is 11.5 Å². The van der Waals surface area contributed by atoms with Crippen molar-refractivity contribution in [1.82, 2.24) is 25.3 Å². The van der Waals surface area contributed by atoms with Crippen LogP contribution in [-0.2, 0) is 6.54 Å². The summed E-state index contributed by atoms with van der Waals surface area (Å²) in [5, 5.41) is 2.75. The van der Waals surface area contributed by atoms with Crippen molar-refractivity contribution in [3.05, 3.63) is 53.9 Å². The molecule has 0 aliphatic carbocycles. The van der Waals surface area contributed by atoms with Gasteiger partial charge in [-0.05, 0) is 24.6 Å². The lowest BCUT2D eigenvalue weighted by atomic mass is 10.2. The second kappa shape index (κ2) is 6.22. The highest BCUT2D eigenvalue weighted by atomic mass is 16.3. The number of hydrogen-bond donors (Lipinski definition) is 2. The third kappa shape index (κ3) is 3.15. The zero-order chi connectivity index (χ0) is 16.2. The Morgan fingerprint density at radius 3 is 2.74 bits per heavy atom. The highest BCUT2D eigenvalue weighted by Crippen LogP contribution is 2.20. The van der Waals surface area contributed by atoms with Crippen LogP contribution in [0.4, 0.5) is 5.82 Å².